The fourth-order valence-corrected chi connectivity index (χ4v) is 2.17. The molecule has 0 aliphatic carbocycles. The number of hydrogen-bond donors (Lipinski definition) is 1. The Labute approximate surface area is 142 Å². The van der Waals surface area contributed by atoms with Crippen LogP contribution in [0.25, 0.3) is 6.08 Å². The Kier molecular flexibility index (Phi) is 6.43. The lowest BCUT2D eigenvalue weighted by Gasteiger charge is -2.05. The van der Waals surface area contributed by atoms with E-state index in [4.69, 9.17) is 16.3 Å². The number of benzene rings is 1. The lowest BCUT2D eigenvalue weighted by Crippen LogP contribution is -2.24. The van der Waals surface area contributed by atoms with Crippen molar-refractivity contribution in [2.75, 3.05) is 6.54 Å². The van der Waals surface area contributed by atoms with Gasteiger partial charge in [0.05, 0.1) is 0 Å². The van der Waals surface area contributed by atoms with E-state index in [-0.39, 0.29) is 6.61 Å². The molecule has 0 aliphatic heterocycles. The fourth-order valence-electron chi connectivity index (χ4n) is 1.66. The zero-order valence-electron chi connectivity index (χ0n) is 11.6. The molecule has 22 heavy (non-hydrogen) atoms. The van der Waals surface area contributed by atoms with Gasteiger partial charge in [-0.25, -0.2) is 9.78 Å². The van der Waals surface area contributed by atoms with E-state index in [1.54, 1.807) is 18.3 Å². The van der Waals surface area contributed by atoms with Crippen molar-refractivity contribution in [1.82, 2.24) is 10.3 Å². The molecule has 2 rings (SSSR count). The normalized spacial score (nSPS) is 10.6. The number of hydrogen-bond acceptors (Lipinski definition) is 3. The Balaban J connectivity index is 1.75. The summed E-state index contributed by atoms with van der Waals surface area (Å²) >= 11 is 9.20. The molecule has 0 atom stereocenters. The van der Waals surface area contributed by atoms with Gasteiger partial charge in [-0.3, -0.25) is 0 Å². The summed E-state index contributed by atoms with van der Waals surface area (Å²) in [6, 6.07) is 11.2. The van der Waals surface area contributed by atoms with Gasteiger partial charge in [-0.1, -0.05) is 54.1 Å². The lowest BCUT2D eigenvalue weighted by molar-refractivity contribution is 0.141. The van der Waals surface area contributed by atoms with Crippen LogP contribution >= 0.6 is 27.5 Å². The van der Waals surface area contributed by atoms with Gasteiger partial charge in [-0.2, -0.15) is 0 Å². The van der Waals surface area contributed by atoms with Crippen molar-refractivity contribution in [2.45, 2.75) is 6.61 Å². The van der Waals surface area contributed by atoms with Crippen molar-refractivity contribution in [3.8, 4) is 0 Å². The number of pyridine rings is 1. The third kappa shape index (κ3) is 5.50. The molecule has 1 aromatic heterocycles. The molecule has 0 radical (unpaired) electrons. The largest absolute Gasteiger partial charge is 0.445 e. The van der Waals surface area contributed by atoms with Gasteiger partial charge in [0.1, 0.15) is 11.8 Å². The predicted octanol–water partition coefficient (Wildman–Crippen LogP) is 4.44. The van der Waals surface area contributed by atoms with E-state index in [9.17, 15) is 4.79 Å². The molecular weight excluding hydrogens is 368 g/mol. The summed E-state index contributed by atoms with van der Waals surface area (Å²) in [5.41, 5.74) is 1.84. The maximum Gasteiger partial charge on any atom is 0.407 e. The molecule has 6 heteroatoms. The highest BCUT2D eigenvalue weighted by atomic mass is 79.9. The topological polar surface area (TPSA) is 51.2 Å². The molecular formula is C16H14BrClN2O2. The van der Waals surface area contributed by atoms with Crippen LogP contribution in [0.3, 0.4) is 0 Å². The lowest BCUT2D eigenvalue weighted by atomic mass is 10.2. The molecule has 2 aromatic rings. The number of ether oxygens (including phenoxy) is 1. The highest BCUT2D eigenvalue weighted by Gasteiger charge is 2.01. The third-order valence-electron chi connectivity index (χ3n) is 2.73. The molecule has 0 bridgehead atoms. The Hall–Kier alpha value is -1.85. The van der Waals surface area contributed by atoms with Crippen LogP contribution in [0, 0.1) is 0 Å². The third-order valence-corrected chi connectivity index (χ3v) is 3.60. The van der Waals surface area contributed by atoms with E-state index in [0.29, 0.717) is 11.7 Å². The number of carbonyl (C=O) groups excluding carboxylic acids is 1. The Morgan fingerprint density at radius 2 is 2.14 bits per heavy atom. The average molecular weight is 382 g/mol. The van der Waals surface area contributed by atoms with Crippen LogP contribution in [0.1, 0.15) is 11.1 Å². The van der Waals surface area contributed by atoms with E-state index < -0.39 is 6.09 Å². The number of amides is 1. The van der Waals surface area contributed by atoms with Crippen LogP contribution in [0.4, 0.5) is 4.79 Å². The first-order valence-electron chi connectivity index (χ1n) is 6.57. The van der Waals surface area contributed by atoms with E-state index in [1.165, 1.54) is 0 Å². The van der Waals surface area contributed by atoms with Crippen LogP contribution in [0.15, 0.2) is 53.1 Å². The van der Waals surface area contributed by atoms with Gasteiger partial charge >= 0.3 is 6.09 Å². The van der Waals surface area contributed by atoms with Gasteiger partial charge in [-0.05, 0) is 33.1 Å². The minimum atomic E-state index is -0.458. The van der Waals surface area contributed by atoms with E-state index in [1.807, 2.05) is 36.4 Å². The monoisotopic (exact) mass is 380 g/mol. The van der Waals surface area contributed by atoms with Gasteiger partial charge in [0, 0.05) is 17.2 Å². The highest BCUT2D eigenvalue weighted by molar-refractivity contribution is 9.10. The number of carbonyl (C=O) groups is 1. The smallest absolute Gasteiger partial charge is 0.407 e. The average Bonchev–Trinajstić information content (AvgIpc) is 2.53. The second-order valence-electron chi connectivity index (χ2n) is 4.37. The molecule has 0 spiro atoms. The summed E-state index contributed by atoms with van der Waals surface area (Å²) in [5, 5.41) is 3.06. The second kappa shape index (κ2) is 8.56. The summed E-state index contributed by atoms with van der Waals surface area (Å²) in [4.78, 5) is 15.5. The van der Waals surface area contributed by atoms with Gasteiger partial charge in [0.2, 0.25) is 0 Å². The van der Waals surface area contributed by atoms with Crippen molar-refractivity contribution < 1.29 is 9.53 Å². The summed E-state index contributed by atoms with van der Waals surface area (Å²) in [6.45, 7) is 0.613. The van der Waals surface area contributed by atoms with Crippen LogP contribution in [-0.2, 0) is 11.3 Å². The van der Waals surface area contributed by atoms with Crippen molar-refractivity contribution in [2.24, 2.45) is 0 Å². The second-order valence-corrected chi connectivity index (χ2v) is 5.62. The van der Waals surface area contributed by atoms with E-state index >= 15 is 0 Å². The Bertz CT molecular complexity index is 662. The molecule has 114 valence electrons. The number of nitrogens with zero attached hydrogens (tertiary/aromatic N) is 1. The van der Waals surface area contributed by atoms with Crippen LogP contribution in [0.2, 0.25) is 5.15 Å². The summed E-state index contributed by atoms with van der Waals surface area (Å²) < 4.78 is 5.93. The number of alkyl carbamates (subject to hydrolysis) is 1. The fraction of sp³-hybridized carbons (Fsp3) is 0.125. The molecule has 1 aromatic carbocycles. The molecule has 0 unspecified atom stereocenters. The molecule has 0 fully saturated rings. The summed E-state index contributed by atoms with van der Waals surface area (Å²) in [6.07, 6.45) is 4.82. The van der Waals surface area contributed by atoms with Crippen molar-refractivity contribution in [1.29, 1.82) is 0 Å². The number of halogens is 2. The Morgan fingerprint density at radius 3 is 2.91 bits per heavy atom. The Morgan fingerprint density at radius 1 is 1.36 bits per heavy atom. The van der Waals surface area contributed by atoms with Gasteiger partial charge in [0.15, 0.2) is 0 Å². The van der Waals surface area contributed by atoms with Gasteiger partial charge in [-0.15, -0.1) is 0 Å². The van der Waals surface area contributed by atoms with Gasteiger partial charge in [0.25, 0.3) is 0 Å². The van der Waals surface area contributed by atoms with E-state index in [2.05, 4.69) is 26.2 Å². The maximum atomic E-state index is 11.5. The zero-order valence-corrected chi connectivity index (χ0v) is 14.0. The molecule has 1 amide bonds. The number of aromatic nitrogens is 1. The number of nitrogens with one attached hydrogen (secondary N) is 1. The first kappa shape index (κ1) is 16.5. The first-order valence-corrected chi connectivity index (χ1v) is 7.74. The van der Waals surface area contributed by atoms with Crippen LogP contribution in [0.5, 0.6) is 0 Å². The molecule has 0 saturated carbocycles. The molecule has 0 aliphatic rings. The maximum absolute atomic E-state index is 11.5. The van der Waals surface area contributed by atoms with E-state index in [0.717, 1.165) is 15.6 Å². The SMILES string of the molecule is O=C(NCC=Cc1cc(Cl)ncc1Br)OCc1ccccc1. The first-order chi connectivity index (χ1) is 10.6. The minimum Gasteiger partial charge on any atom is -0.445 e. The molecule has 1 heterocycles. The standard InChI is InChI=1S/C16H14BrClN2O2/c17-14-10-20-15(18)9-13(14)7-4-8-19-16(21)22-11-12-5-2-1-3-6-12/h1-7,9-10H,8,11H2,(H,19,21). The molecule has 4 nitrogen and oxygen atoms in total. The highest BCUT2D eigenvalue weighted by Crippen LogP contribution is 2.19. The quantitative estimate of drug-likeness (QED) is 0.779. The predicted molar refractivity (Wildman–Crippen MR) is 90.6 cm³/mol. The van der Waals surface area contributed by atoms with Crippen LogP contribution in [-0.4, -0.2) is 17.6 Å². The van der Waals surface area contributed by atoms with Gasteiger partial charge < -0.3 is 10.1 Å². The molecule has 1 N–H and O–H groups in total. The van der Waals surface area contributed by atoms with Crippen molar-refractivity contribution in [3.05, 3.63) is 69.4 Å². The van der Waals surface area contributed by atoms with Crippen LogP contribution < -0.4 is 5.32 Å². The summed E-state index contributed by atoms with van der Waals surface area (Å²) in [7, 11) is 0. The van der Waals surface area contributed by atoms with Crippen molar-refractivity contribution >= 4 is 39.7 Å². The van der Waals surface area contributed by atoms with Crippen molar-refractivity contribution in [3.63, 3.8) is 0 Å². The molecule has 0 saturated heterocycles. The minimum absolute atomic E-state index is 0.252. The summed E-state index contributed by atoms with van der Waals surface area (Å²) in [5.74, 6) is 0. The number of rotatable bonds is 5. The zero-order chi connectivity index (χ0) is 15.8.